The molecular formula is C9H16N2O. The predicted molar refractivity (Wildman–Crippen MR) is 46.8 cm³/mol. The van der Waals surface area contributed by atoms with Crippen LogP contribution in [0.4, 0.5) is 0 Å². The average Bonchev–Trinajstić information content (AvgIpc) is 2.04. The molecule has 0 spiro atoms. The SMILES string of the molecule is CN1CCN2C(=O)CCC[C@H]2C1. The minimum atomic E-state index is 0.374. The van der Waals surface area contributed by atoms with Crippen LogP contribution < -0.4 is 0 Å². The molecule has 0 aromatic rings. The number of carbonyl (C=O) groups excluding carboxylic acids is 1. The van der Waals surface area contributed by atoms with Crippen LogP contribution >= 0.6 is 0 Å². The topological polar surface area (TPSA) is 23.6 Å². The number of hydrogen-bond acceptors (Lipinski definition) is 2. The maximum Gasteiger partial charge on any atom is 0.222 e. The van der Waals surface area contributed by atoms with Crippen LogP contribution in [0.1, 0.15) is 19.3 Å². The largest absolute Gasteiger partial charge is 0.337 e. The van der Waals surface area contributed by atoms with E-state index in [4.69, 9.17) is 0 Å². The van der Waals surface area contributed by atoms with Crippen molar-refractivity contribution >= 4 is 5.91 Å². The molecule has 2 aliphatic heterocycles. The van der Waals surface area contributed by atoms with Gasteiger partial charge in [-0.15, -0.1) is 0 Å². The molecule has 2 heterocycles. The number of carbonyl (C=O) groups is 1. The zero-order valence-corrected chi connectivity index (χ0v) is 7.62. The van der Waals surface area contributed by atoms with E-state index in [2.05, 4.69) is 16.8 Å². The normalized spacial score (nSPS) is 31.9. The van der Waals surface area contributed by atoms with Gasteiger partial charge in [0.2, 0.25) is 5.91 Å². The summed E-state index contributed by atoms with van der Waals surface area (Å²) in [7, 11) is 2.14. The molecule has 3 nitrogen and oxygen atoms in total. The Morgan fingerprint density at radius 2 is 2.25 bits per heavy atom. The molecule has 2 rings (SSSR count). The third-order valence-corrected chi connectivity index (χ3v) is 2.93. The Balaban J connectivity index is 2.04. The van der Waals surface area contributed by atoms with E-state index in [1.807, 2.05) is 0 Å². The van der Waals surface area contributed by atoms with Crippen molar-refractivity contribution in [3.05, 3.63) is 0 Å². The zero-order valence-electron chi connectivity index (χ0n) is 7.62. The highest BCUT2D eigenvalue weighted by molar-refractivity contribution is 5.77. The molecule has 3 heteroatoms. The molecule has 68 valence electrons. The van der Waals surface area contributed by atoms with E-state index < -0.39 is 0 Å². The number of nitrogens with zero attached hydrogens (tertiary/aromatic N) is 2. The van der Waals surface area contributed by atoms with Gasteiger partial charge in [-0.1, -0.05) is 0 Å². The van der Waals surface area contributed by atoms with Gasteiger partial charge in [0, 0.05) is 32.1 Å². The van der Waals surface area contributed by atoms with E-state index in [9.17, 15) is 4.79 Å². The van der Waals surface area contributed by atoms with Crippen LogP contribution in [-0.2, 0) is 4.79 Å². The van der Waals surface area contributed by atoms with Crippen molar-refractivity contribution in [1.29, 1.82) is 0 Å². The fourth-order valence-corrected chi connectivity index (χ4v) is 2.22. The zero-order chi connectivity index (χ0) is 8.55. The number of fused-ring (bicyclic) bond motifs is 1. The van der Waals surface area contributed by atoms with Gasteiger partial charge >= 0.3 is 0 Å². The molecule has 0 N–H and O–H groups in total. The van der Waals surface area contributed by atoms with Gasteiger partial charge in [0.25, 0.3) is 0 Å². The average molecular weight is 168 g/mol. The van der Waals surface area contributed by atoms with Gasteiger partial charge in [0.15, 0.2) is 0 Å². The summed E-state index contributed by atoms with van der Waals surface area (Å²) >= 11 is 0. The van der Waals surface area contributed by atoms with E-state index in [1.165, 1.54) is 6.42 Å². The molecule has 12 heavy (non-hydrogen) atoms. The highest BCUT2D eigenvalue weighted by Gasteiger charge is 2.31. The summed E-state index contributed by atoms with van der Waals surface area (Å²) < 4.78 is 0. The molecule has 2 fully saturated rings. The van der Waals surface area contributed by atoms with Gasteiger partial charge in [-0.2, -0.15) is 0 Å². The highest BCUT2D eigenvalue weighted by atomic mass is 16.2. The van der Waals surface area contributed by atoms with E-state index >= 15 is 0 Å². The lowest BCUT2D eigenvalue weighted by Crippen LogP contribution is -2.55. The van der Waals surface area contributed by atoms with E-state index in [1.54, 1.807) is 0 Å². The number of piperazine rings is 1. The van der Waals surface area contributed by atoms with Crippen molar-refractivity contribution in [3.8, 4) is 0 Å². The van der Waals surface area contributed by atoms with E-state index in [0.29, 0.717) is 11.9 Å². The first-order valence-corrected chi connectivity index (χ1v) is 4.75. The van der Waals surface area contributed by atoms with Crippen LogP contribution in [0, 0.1) is 0 Å². The fourth-order valence-electron chi connectivity index (χ4n) is 2.22. The summed E-state index contributed by atoms with van der Waals surface area (Å²) in [6.07, 6.45) is 3.07. The van der Waals surface area contributed by atoms with Crippen molar-refractivity contribution in [2.45, 2.75) is 25.3 Å². The van der Waals surface area contributed by atoms with Gasteiger partial charge < -0.3 is 9.80 Å². The Bertz CT molecular complexity index is 193. The molecule has 0 radical (unpaired) electrons. The second-order valence-electron chi connectivity index (χ2n) is 3.90. The van der Waals surface area contributed by atoms with Crippen LogP contribution in [0.5, 0.6) is 0 Å². The van der Waals surface area contributed by atoms with Gasteiger partial charge in [-0.25, -0.2) is 0 Å². The maximum absolute atomic E-state index is 11.4. The number of likely N-dealkylation sites (N-methyl/N-ethyl adjacent to an activating group) is 1. The lowest BCUT2D eigenvalue weighted by Gasteiger charge is -2.42. The van der Waals surface area contributed by atoms with E-state index in [-0.39, 0.29) is 0 Å². The smallest absolute Gasteiger partial charge is 0.222 e. The first-order valence-electron chi connectivity index (χ1n) is 4.75. The molecular weight excluding hydrogens is 152 g/mol. The van der Waals surface area contributed by atoms with Crippen LogP contribution in [0.3, 0.4) is 0 Å². The third-order valence-electron chi connectivity index (χ3n) is 2.93. The maximum atomic E-state index is 11.4. The Morgan fingerprint density at radius 1 is 1.42 bits per heavy atom. The lowest BCUT2D eigenvalue weighted by molar-refractivity contribution is -0.139. The number of hydrogen-bond donors (Lipinski definition) is 0. The molecule has 0 aliphatic carbocycles. The molecule has 1 atom stereocenters. The molecule has 0 saturated carbocycles. The highest BCUT2D eigenvalue weighted by Crippen LogP contribution is 2.21. The summed E-state index contributed by atoms with van der Waals surface area (Å²) in [6.45, 7) is 3.06. The molecule has 2 saturated heterocycles. The van der Waals surface area contributed by atoms with E-state index in [0.717, 1.165) is 32.5 Å². The quantitative estimate of drug-likeness (QED) is 0.520. The molecule has 0 aromatic heterocycles. The molecule has 0 bridgehead atoms. The molecule has 2 aliphatic rings. The minimum absolute atomic E-state index is 0.374. The standard InChI is InChI=1S/C9H16N2O/c1-10-5-6-11-8(7-10)3-2-4-9(11)12/h8H,2-7H2,1H3/t8-/m0/s1. The number of amides is 1. The fraction of sp³-hybridized carbons (Fsp3) is 0.889. The van der Waals surface area contributed by atoms with Crippen LogP contribution in [0.15, 0.2) is 0 Å². The van der Waals surface area contributed by atoms with Gasteiger partial charge in [-0.3, -0.25) is 4.79 Å². The Labute approximate surface area is 73.3 Å². The van der Waals surface area contributed by atoms with Gasteiger partial charge in [-0.05, 0) is 19.9 Å². The first-order chi connectivity index (χ1) is 5.77. The summed E-state index contributed by atoms with van der Waals surface area (Å²) in [5.74, 6) is 0.374. The first kappa shape index (κ1) is 8.05. The Morgan fingerprint density at radius 3 is 3.08 bits per heavy atom. The third kappa shape index (κ3) is 1.33. The van der Waals surface area contributed by atoms with Crippen molar-refractivity contribution in [3.63, 3.8) is 0 Å². The monoisotopic (exact) mass is 168 g/mol. The summed E-state index contributed by atoms with van der Waals surface area (Å²) in [6, 6.07) is 0.519. The van der Waals surface area contributed by atoms with Crippen molar-refractivity contribution in [2.24, 2.45) is 0 Å². The number of rotatable bonds is 0. The van der Waals surface area contributed by atoms with Gasteiger partial charge in [0.05, 0.1) is 0 Å². The minimum Gasteiger partial charge on any atom is -0.337 e. The second kappa shape index (κ2) is 3.05. The predicted octanol–water partition coefficient (Wildman–Crippen LogP) is 0.313. The second-order valence-corrected chi connectivity index (χ2v) is 3.90. The van der Waals surface area contributed by atoms with Crippen molar-refractivity contribution in [2.75, 3.05) is 26.7 Å². The number of piperidine rings is 1. The van der Waals surface area contributed by atoms with Crippen LogP contribution in [-0.4, -0.2) is 48.4 Å². The van der Waals surface area contributed by atoms with Crippen molar-refractivity contribution < 1.29 is 4.79 Å². The molecule has 0 aromatic carbocycles. The van der Waals surface area contributed by atoms with Crippen LogP contribution in [0.25, 0.3) is 0 Å². The van der Waals surface area contributed by atoms with Crippen LogP contribution in [0.2, 0.25) is 0 Å². The Hall–Kier alpha value is -0.570. The summed E-state index contributed by atoms with van der Waals surface area (Å²) in [5.41, 5.74) is 0. The lowest BCUT2D eigenvalue weighted by atomic mass is 9.99. The summed E-state index contributed by atoms with van der Waals surface area (Å²) in [5, 5.41) is 0. The molecule has 0 unspecified atom stereocenters. The summed E-state index contributed by atoms with van der Waals surface area (Å²) in [4.78, 5) is 15.8. The van der Waals surface area contributed by atoms with Crippen molar-refractivity contribution in [1.82, 2.24) is 9.80 Å². The van der Waals surface area contributed by atoms with Gasteiger partial charge in [0.1, 0.15) is 0 Å². The molecule has 1 amide bonds. The Kier molecular flexibility index (Phi) is 2.05.